The van der Waals surface area contributed by atoms with E-state index in [1.54, 1.807) is 13.2 Å². The smallest absolute Gasteiger partial charge is 0.137 e. The molecule has 1 N–H and O–H groups in total. The first-order valence-corrected chi connectivity index (χ1v) is 7.98. The van der Waals surface area contributed by atoms with Crippen LogP contribution in [-0.2, 0) is 11.3 Å². The molecule has 1 aromatic heterocycles. The summed E-state index contributed by atoms with van der Waals surface area (Å²) in [6.45, 7) is 1.19. The van der Waals surface area contributed by atoms with Crippen molar-refractivity contribution in [2.24, 2.45) is 0 Å². The van der Waals surface area contributed by atoms with Gasteiger partial charge in [-0.2, -0.15) is 0 Å². The quantitative estimate of drug-likeness (QED) is 0.569. The van der Waals surface area contributed by atoms with Gasteiger partial charge >= 0.3 is 0 Å². The predicted molar refractivity (Wildman–Crippen MR) is 96.6 cm³/mol. The van der Waals surface area contributed by atoms with Gasteiger partial charge in [0, 0.05) is 37.1 Å². The average molecular weight is 335 g/mol. The Morgan fingerprint density at radius 3 is 2.92 bits per heavy atom. The van der Waals surface area contributed by atoms with Gasteiger partial charge in [0.25, 0.3) is 0 Å². The molecule has 0 aliphatic heterocycles. The second-order valence-corrected chi connectivity index (χ2v) is 5.45. The minimum atomic E-state index is -0.308. The molecular formula is C20H18FN3O. The summed E-state index contributed by atoms with van der Waals surface area (Å²) in [5, 5.41) is 4.03. The minimum absolute atomic E-state index is 0.308. The molecule has 2 aromatic carbocycles. The fourth-order valence-corrected chi connectivity index (χ4v) is 2.50. The lowest BCUT2D eigenvalue weighted by molar-refractivity contribution is 0.184. The van der Waals surface area contributed by atoms with E-state index in [1.165, 1.54) is 18.5 Å². The zero-order valence-corrected chi connectivity index (χ0v) is 13.9. The van der Waals surface area contributed by atoms with Crippen molar-refractivity contribution in [3.05, 3.63) is 65.7 Å². The molecule has 0 radical (unpaired) electrons. The van der Waals surface area contributed by atoms with E-state index in [2.05, 4.69) is 27.1 Å². The van der Waals surface area contributed by atoms with Crippen LogP contribution >= 0.6 is 0 Å². The van der Waals surface area contributed by atoms with Gasteiger partial charge in [-0.1, -0.05) is 30.0 Å². The van der Waals surface area contributed by atoms with Crippen LogP contribution in [0.2, 0.25) is 0 Å². The van der Waals surface area contributed by atoms with Crippen LogP contribution in [0.3, 0.4) is 0 Å². The number of halogens is 1. The van der Waals surface area contributed by atoms with Crippen molar-refractivity contribution < 1.29 is 9.13 Å². The van der Waals surface area contributed by atoms with Crippen molar-refractivity contribution in [1.82, 2.24) is 9.97 Å². The molecule has 5 heteroatoms. The van der Waals surface area contributed by atoms with Crippen LogP contribution in [0.15, 0.2) is 48.8 Å². The lowest BCUT2D eigenvalue weighted by Gasteiger charge is -2.06. The van der Waals surface area contributed by atoms with Gasteiger partial charge in [0.15, 0.2) is 0 Å². The molecule has 0 aliphatic carbocycles. The molecule has 4 nitrogen and oxygen atoms in total. The number of methoxy groups -OCH3 is 1. The van der Waals surface area contributed by atoms with Crippen LogP contribution in [0, 0.1) is 17.7 Å². The molecule has 1 heterocycles. The van der Waals surface area contributed by atoms with Crippen molar-refractivity contribution >= 4 is 16.7 Å². The first-order chi connectivity index (χ1) is 12.3. The maximum atomic E-state index is 13.3. The Kier molecular flexibility index (Phi) is 5.55. The highest BCUT2D eigenvalue weighted by Gasteiger charge is 2.03. The molecule has 0 fully saturated rings. The molecular weight excluding hydrogens is 317 g/mol. The number of hydrogen-bond donors (Lipinski definition) is 1. The van der Waals surface area contributed by atoms with Gasteiger partial charge in [0.1, 0.15) is 18.0 Å². The number of nitrogens with one attached hydrogen (secondary N) is 1. The molecule has 0 spiro atoms. The van der Waals surface area contributed by atoms with Gasteiger partial charge in [-0.05, 0) is 23.8 Å². The highest BCUT2D eigenvalue weighted by molar-refractivity contribution is 5.88. The maximum Gasteiger partial charge on any atom is 0.137 e. The van der Waals surface area contributed by atoms with E-state index in [1.807, 2.05) is 24.3 Å². The average Bonchev–Trinajstić information content (AvgIpc) is 2.63. The third-order valence-corrected chi connectivity index (χ3v) is 3.68. The summed E-state index contributed by atoms with van der Waals surface area (Å²) in [5.41, 5.74) is 2.64. The van der Waals surface area contributed by atoms with Crippen molar-refractivity contribution in [2.45, 2.75) is 13.0 Å². The van der Waals surface area contributed by atoms with E-state index >= 15 is 0 Å². The zero-order valence-electron chi connectivity index (χ0n) is 13.9. The van der Waals surface area contributed by atoms with Gasteiger partial charge in [-0.15, -0.1) is 0 Å². The van der Waals surface area contributed by atoms with Crippen molar-refractivity contribution in [3.8, 4) is 11.8 Å². The number of benzene rings is 2. The molecule has 0 amide bonds. The topological polar surface area (TPSA) is 47.0 Å². The van der Waals surface area contributed by atoms with Crippen LogP contribution < -0.4 is 5.32 Å². The molecule has 25 heavy (non-hydrogen) atoms. The Balaban J connectivity index is 1.63. The van der Waals surface area contributed by atoms with E-state index in [9.17, 15) is 4.39 Å². The number of fused-ring (bicyclic) bond motifs is 1. The Morgan fingerprint density at radius 1 is 1.16 bits per heavy atom. The number of rotatable bonds is 5. The van der Waals surface area contributed by atoms with Crippen LogP contribution in [-0.4, -0.2) is 23.6 Å². The number of aromatic nitrogens is 2. The monoisotopic (exact) mass is 335 g/mol. The number of ether oxygens (including phenoxy) is 1. The standard InChI is InChI=1S/C20H18FN3O/c1-25-13-16-8-3-2-6-15(16)7-4-5-11-22-20-18-10-9-17(21)12-19(18)23-14-24-20/h2-3,6,8-10,12,14H,5,11,13H2,1H3,(H,22,23,24). The maximum absolute atomic E-state index is 13.3. The van der Waals surface area contributed by atoms with E-state index < -0.39 is 0 Å². The lowest BCUT2D eigenvalue weighted by Crippen LogP contribution is -2.03. The van der Waals surface area contributed by atoms with E-state index in [0.717, 1.165) is 16.5 Å². The second-order valence-electron chi connectivity index (χ2n) is 5.45. The van der Waals surface area contributed by atoms with Crippen molar-refractivity contribution in [1.29, 1.82) is 0 Å². The van der Waals surface area contributed by atoms with Crippen molar-refractivity contribution in [3.63, 3.8) is 0 Å². The van der Waals surface area contributed by atoms with Gasteiger partial charge in [-0.3, -0.25) is 0 Å². The molecule has 0 saturated carbocycles. The third-order valence-electron chi connectivity index (χ3n) is 3.68. The van der Waals surface area contributed by atoms with Gasteiger partial charge < -0.3 is 10.1 Å². The number of hydrogen-bond acceptors (Lipinski definition) is 4. The predicted octanol–water partition coefficient (Wildman–Crippen LogP) is 3.77. The van der Waals surface area contributed by atoms with Crippen LogP contribution in [0.25, 0.3) is 10.9 Å². The van der Waals surface area contributed by atoms with Gasteiger partial charge in [0.05, 0.1) is 12.1 Å². The molecule has 0 saturated heterocycles. The first-order valence-electron chi connectivity index (χ1n) is 7.98. The van der Waals surface area contributed by atoms with Gasteiger partial charge in [-0.25, -0.2) is 14.4 Å². The van der Waals surface area contributed by atoms with Gasteiger partial charge in [0.2, 0.25) is 0 Å². The second kappa shape index (κ2) is 8.22. The molecule has 3 aromatic rings. The molecule has 0 unspecified atom stereocenters. The molecule has 3 rings (SSSR count). The summed E-state index contributed by atoms with van der Waals surface area (Å²) in [4.78, 5) is 8.30. The summed E-state index contributed by atoms with van der Waals surface area (Å²) in [7, 11) is 1.67. The molecule has 126 valence electrons. The summed E-state index contributed by atoms with van der Waals surface area (Å²) < 4.78 is 18.4. The summed E-state index contributed by atoms with van der Waals surface area (Å²) in [5.74, 6) is 6.71. The van der Waals surface area contributed by atoms with Crippen LogP contribution in [0.1, 0.15) is 17.5 Å². The third kappa shape index (κ3) is 4.31. The molecule has 0 bridgehead atoms. The highest BCUT2D eigenvalue weighted by atomic mass is 19.1. The number of anilines is 1. The number of nitrogens with zero attached hydrogens (tertiary/aromatic N) is 2. The Bertz CT molecular complexity index is 931. The van der Waals surface area contributed by atoms with E-state index in [0.29, 0.717) is 30.9 Å². The van der Waals surface area contributed by atoms with Crippen molar-refractivity contribution in [2.75, 3.05) is 19.0 Å². The van der Waals surface area contributed by atoms with Crippen LogP contribution in [0.4, 0.5) is 10.2 Å². The normalized spacial score (nSPS) is 10.3. The fourth-order valence-electron chi connectivity index (χ4n) is 2.50. The van der Waals surface area contributed by atoms with E-state index in [-0.39, 0.29) is 5.82 Å². The Labute approximate surface area is 146 Å². The Morgan fingerprint density at radius 2 is 2.04 bits per heavy atom. The van der Waals surface area contributed by atoms with E-state index in [4.69, 9.17) is 4.74 Å². The fraction of sp³-hybridized carbons (Fsp3) is 0.200. The highest BCUT2D eigenvalue weighted by Crippen LogP contribution is 2.19. The first kappa shape index (κ1) is 16.9. The minimum Gasteiger partial charge on any atom is -0.380 e. The lowest BCUT2D eigenvalue weighted by atomic mass is 10.1. The SMILES string of the molecule is COCc1ccccc1C#CCCNc1ncnc2cc(F)ccc12. The summed E-state index contributed by atoms with van der Waals surface area (Å²) in [6.07, 6.45) is 2.09. The zero-order chi connectivity index (χ0) is 17.5. The summed E-state index contributed by atoms with van der Waals surface area (Å²) >= 11 is 0. The largest absolute Gasteiger partial charge is 0.380 e. The summed E-state index contributed by atoms with van der Waals surface area (Å²) in [6, 6.07) is 12.4. The van der Waals surface area contributed by atoms with Crippen LogP contribution in [0.5, 0.6) is 0 Å². The Hall–Kier alpha value is -2.97. The molecule has 0 aliphatic rings. The molecule has 0 atom stereocenters.